The van der Waals surface area contributed by atoms with Crippen molar-refractivity contribution < 1.29 is 14.3 Å². The summed E-state index contributed by atoms with van der Waals surface area (Å²) in [4.78, 5) is 12.4. The molecule has 26 heavy (non-hydrogen) atoms. The topological polar surface area (TPSA) is 54.3 Å². The smallest absolute Gasteiger partial charge is 0.253 e. The fourth-order valence-electron chi connectivity index (χ4n) is 3.58. The van der Waals surface area contributed by atoms with Gasteiger partial charge in [0.2, 0.25) is 0 Å². The Hall–Kier alpha value is -2.92. The van der Waals surface area contributed by atoms with Crippen LogP contribution in [0.2, 0.25) is 0 Å². The summed E-state index contributed by atoms with van der Waals surface area (Å²) in [6.07, 6.45) is 4.46. The Bertz CT molecular complexity index is 1000. The first kappa shape index (κ1) is 16.5. The van der Waals surface area contributed by atoms with Crippen molar-refractivity contribution in [2.24, 2.45) is 0 Å². The minimum absolute atomic E-state index is 0.0781. The molecule has 0 atom stereocenters. The van der Waals surface area contributed by atoms with Gasteiger partial charge in [-0.25, -0.2) is 4.39 Å². The fraction of sp³-hybridized carbons (Fsp3) is 0.190. The molecule has 4 nitrogen and oxygen atoms in total. The van der Waals surface area contributed by atoms with Gasteiger partial charge >= 0.3 is 0 Å². The number of carbonyl (C=O) groups is 1. The third-order valence-corrected chi connectivity index (χ3v) is 4.68. The zero-order chi connectivity index (χ0) is 18.1. The number of aliphatic hydroxyl groups excluding tert-OH is 1. The van der Waals surface area contributed by atoms with Crippen LogP contribution in [-0.4, -0.2) is 28.7 Å². The van der Waals surface area contributed by atoms with E-state index in [1.807, 2.05) is 30.4 Å². The highest BCUT2D eigenvalue weighted by Crippen LogP contribution is 2.37. The van der Waals surface area contributed by atoms with Crippen LogP contribution >= 0.6 is 0 Å². The monoisotopic (exact) mass is 350 g/mol. The van der Waals surface area contributed by atoms with E-state index in [1.165, 1.54) is 12.1 Å². The van der Waals surface area contributed by atoms with Gasteiger partial charge in [-0.05, 0) is 42.3 Å². The van der Waals surface area contributed by atoms with E-state index >= 15 is 0 Å². The Morgan fingerprint density at radius 1 is 1.19 bits per heavy atom. The molecule has 3 aromatic rings. The summed E-state index contributed by atoms with van der Waals surface area (Å²) >= 11 is 0. The van der Waals surface area contributed by atoms with E-state index in [2.05, 4.69) is 9.88 Å². The highest BCUT2D eigenvalue weighted by atomic mass is 19.1. The molecule has 0 saturated carbocycles. The van der Waals surface area contributed by atoms with E-state index in [1.54, 1.807) is 12.1 Å². The maximum absolute atomic E-state index is 13.4. The molecular formula is C21H19FN2O2. The molecule has 0 unspecified atom stereocenters. The first-order chi connectivity index (χ1) is 12.7. The van der Waals surface area contributed by atoms with Gasteiger partial charge in [0.15, 0.2) is 0 Å². The third-order valence-electron chi connectivity index (χ3n) is 4.68. The second kappa shape index (κ2) is 6.77. The molecule has 0 fully saturated rings. The van der Waals surface area contributed by atoms with E-state index in [4.69, 9.17) is 5.11 Å². The molecular weight excluding hydrogens is 331 g/mol. The maximum Gasteiger partial charge on any atom is 0.253 e. The summed E-state index contributed by atoms with van der Waals surface area (Å²) in [5.41, 5.74) is 4.37. The Labute approximate surface area is 150 Å². The number of aromatic nitrogens is 1. The summed E-state index contributed by atoms with van der Waals surface area (Å²) in [7, 11) is 0. The van der Waals surface area contributed by atoms with Gasteiger partial charge in [-0.15, -0.1) is 0 Å². The number of rotatable bonds is 4. The molecule has 5 heteroatoms. The lowest BCUT2D eigenvalue weighted by atomic mass is 10.0. The van der Waals surface area contributed by atoms with Gasteiger partial charge in [0.1, 0.15) is 5.82 Å². The van der Waals surface area contributed by atoms with E-state index < -0.39 is 0 Å². The average Bonchev–Trinajstić information content (AvgIpc) is 2.86. The number of carbonyl (C=O) groups excluding carboxylic acids is 1. The minimum atomic E-state index is -0.282. The van der Waals surface area contributed by atoms with Crippen molar-refractivity contribution in [2.75, 3.05) is 13.2 Å². The molecule has 1 amide bonds. The van der Waals surface area contributed by atoms with Crippen LogP contribution in [0.3, 0.4) is 0 Å². The van der Waals surface area contributed by atoms with Crippen LogP contribution in [0, 0.1) is 5.82 Å². The van der Waals surface area contributed by atoms with Gasteiger partial charge < -0.3 is 15.0 Å². The normalized spacial score (nSPS) is 14.0. The lowest BCUT2D eigenvalue weighted by molar-refractivity contribution is 0.0956. The SMILES string of the molecule is O=C1NCCn2c(-c3ccc(F)cc3)c(/C=C\CCO)c3cccc1c32. The first-order valence-corrected chi connectivity index (χ1v) is 8.67. The molecule has 0 saturated heterocycles. The van der Waals surface area contributed by atoms with Gasteiger partial charge in [-0.2, -0.15) is 0 Å². The number of aliphatic hydroxyl groups is 1. The van der Waals surface area contributed by atoms with Gasteiger partial charge in [-0.3, -0.25) is 4.79 Å². The first-order valence-electron chi connectivity index (χ1n) is 8.67. The van der Waals surface area contributed by atoms with E-state index in [0.717, 1.165) is 27.7 Å². The van der Waals surface area contributed by atoms with Crippen molar-refractivity contribution in [3.05, 3.63) is 65.5 Å². The van der Waals surface area contributed by atoms with Gasteiger partial charge in [0.25, 0.3) is 5.91 Å². The predicted molar refractivity (Wildman–Crippen MR) is 100 cm³/mol. The second-order valence-electron chi connectivity index (χ2n) is 6.29. The summed E-state index contributed by atoms with van der Waals surface area (Å²) in [6, 6.07) is 12.1. The molecule has 1 aliphatic heterocycles. The van der Waals surface area contributed by atoms with Crippen molar-refractivity contribution in [2.45, 2.75) is 13.0 Å². The van der Waals surface area contributed by atoms with Crippen LogP contribution in [-0.2, 0) is 6.54 Å². The Morgan fingerprint density at radius 2 is 2.00 bits per heavy atom. The predicted octanol–water partition coefficient (Wildman–Crippen LogP) is 3.59. The summed E-state index contributed by atoms with van der Waals surface area (Å²) < 4.78 is 15.6. The number of hydrogen-bond donors (Lipinski definition) is 2. The summed E-state index contributed by atoms with van der Waals surface area (Å²) in [5, 5.41) is 13.0. The summed E-state index contributed by atoms with van der Waals surface area (Å²) in [6.45, 7) is 1.25. The van der Waals surface area contributed by atoms with E-state index in [0.29, 0.717) is 25.1 Å². The lowest BCUT2D eigenvalue weighted by Crippen LogP contribution is -2.24. The molecule has 0 spiro atoms. The molecule has 0 aliphatic carbocycles. The van der Waals surface area contributed by atoms with Crippen molar-refractivity contribution in [3.8, 4) is 11.3 Å². The van der Waals surface area contributed by atoms with Crippen molar-refractivity contribution in [3.63, 3.8) is 0 Å². The highest BCUT2D eigenvalue weighted by Gasteiger charge is 2.23. The number of nitrogens with zero attached hydrogens (tertiary/aromatic N) is 1. The third kappa shape index (κ3) is 2.70. The molecule has 2 heterocycles. The van der Waals surface area contributed by atoms with Crippen molar-refractivity contribution in [1.82, 2.24) is 9.88 Å². The number of para-hydroxylation sites is 1. The minimum Gasteiger partial charge on any atom is -0.396 e. The molecule has 132 valence electrons. The Balaban J connectivity index is 2.05. The molecule has 4 rings (SSSR count). The second-order valence-corrected chi connectivity index (χ2v) is 6.29. The standard InChI is InChI=1S/C21H19FN2O2/c22-15-9-7-14(8-10-15)19-16(4-1-2-13-25)17-5-3-6-18-20(17)24(19)12-11-23-21(18)26/h1,3-10,25H,2,11-13H2,(H,23,26)/b4-1-. The average molecular weight is 350 g/mol. The van der Waals surface area contributed by atoms with Crippen LogP contribution in [0.25, 0.3) is 28.2 Å². The van der Waals surface area contributed by atoms with Gasteiger partial charge in [-0.1, -0.05) is 24.3 Å². The van der Waals surface area contributed by atoms with E-state index in [9.17, 15) is 9.18 Å². The molecule has 0 bridgehead atoms. The molecule has 2 aromatic carbocycles. The van der Waals surface area contributed by atoms with Gasteiger partial charge in [0.05, 0.1) is 16.8 Å². The van der Waals surface area contributed by atoms with Crippen LogP contribution in [0.1, 0.15) is 22.3 Å². The molecule has 2 N–H and O–H groups in total. The van der Waals surface area contributed by atoms with Crippen LogP contribution in [0.15, 0.2) is 48.5 Å². The molecule has 1 aliphatic rings. The molecule has 1 aromatic heterocycles. The Morgan fingerprint density at radius 3 is 2.77 bits per heavy atom. The number of amides is 1. The summed E-state index contributed by atoms with van der Waals surface area (Å²) in [5.74, 6) is -0.362. The number of nitrogens with one attached hydrogen (secondary N) is 1. The van der Waals surface area contributed by atoms with Crippen LogP contribution < -0.4 is 5.32 Å². The fourth-order valence-corrected chi connectivity index (χ4v) is 3.58. The zero-order valence-corrected chi connectivity index (χ0v) is 14.2. The number of hydrogen-bond acceptors (Lipinski definition) is 2. The van der Waals surface area contributed by atoms with Crippen LogP contribution in [0.5, 0.6) is 0 Å². The van der Waals surface area contributed by atoms with Crippen molar-refractivity contribution in [1.29, 1.82) is 0 Å². The number of halogens is 1. The molecule has 0 radical (unpaired) electrons. The highest BCUT2D eigenvalue weighted by molar-refractivity contribution is 6.10. The number of benzene rings is 2. The van der Waals surface area contributed by atoms with E-state index in [-0.39, 0.29) is 18.3 Å². The maximum atomic E-state index is 13.4. The lowest BCUT2D eigenvalue weighted by Gasteiger charge is -2.10. The van der Waals surface area contributed by atoms with Gasteiger partial charge in [0, 0.05) is 30.6 Å². The van der Waals surface area contributed by atoms with Crippen molar-refractivity contribution >= 4 is 22.9 Å². The van der Waals surface area contributed by atoms with Crippen LogP contribution in [0.4, 0.5) is 4.39 Å². The Kier molecular flexibility index (Phi) is 4.31. The zero-order valence-electron chi connectivity index (χ0n) is 14.2. The largest absolute Gasteiger partial charge is 0.396 e. The quantitative estimate of drug-likeness (QED) is 0.756.